The number of aromatic nitrogens is 1. The van der Waals surface area contributed by atoms with Gasteiger partial charge in [-0.15, -0.1) is 0 Å². The van der Waals surface area contributed by atoms with E-state index in [1.165, 1.54) is 93.5 Å². The van der Waals surface area contributed by atoms with Crippen molar-refractivity contribution >= 4 is 60.4 Å². The van der Waals surface area contributed by atoms with Crippen LogP contribution in [0, 0.1) is 0 Å². The topological polar surface area (TPSA) is 8.17 Å². The summed E-state index contributed by atoms with van der Waals surface area (Å²) < 4.78 is 2.37. The van der Waals surface area contributed by atoms with Gasteiger partial charge in [0.05, 0.1) is 11.0 Å². The molecule has 61 heavy (non-hydrogen) atoms. The average molecular weight is 779 g/mol. The molecule has 0 saturated heterocycles. The fourth-order valence-electron chi connectivity index (χ4n) is 10.2. The Bertz CT molecular complexity index is 3480. The molecule has 10 aromatic carbocycles. The summed E-state index contributed by atoms with van der Waals surface area (Å²) in [5.74, 6) is 0. The number of hydrogen-bond donors (Lipinski definition) is 0. The van der Waals surface area contributed by atoms with Crippen LogP contribution in [0.15, 0.2) is 218 Å². The SMILES string of the molecule is CC1(C)c2ccccc2-c2cc(N(c3ccc(-c4ccc5c(c4)c4ccccc4n5-c4ccccc4)cc3)c3ccc(-c4cccc5c4ccc4ccccc45)cc3)ccc21. The second-order valence-electron chi connectivity index (χ2n) is 16.9. The van der Waals surface area contributed by atoms with Crippen LogP contribution in [0.25, 0.3) is 82.4 Å². The van der Waals surface area contributed by atoms with Gasteiger partial charge in [-0.25, -0.2) is 0 Å². The van der Waals surface area contributed by atoms with E-state index in [2.05, 4.69) is 242 Å². The van der Waals surface area contributed by atoms with E-state index in [9.17, 15) is 0 Å². The van der Waals surface area contributed by atoms with Crippen molar-refractivity contribution in [1.82, 2.24) is 4.57 Å². The molecule has 0 N–H and O–H groups in total. The number of anilines is 3. The van der Waals surface area contributed by atoms with Crippen molar-refractivity contribution in [3.63, 3.8) is 0 Å². The van der Waals surface area contributed by atoms with Gasteiger partial charge in [-0.2, -0.15) is 0 Å². The highest BCUT2D eigenvalue weighted by Crippen LogP contribution is 2.51. The third-order valence-electron chi connectivity index (χ3n) is 13.2. The van der Waals surface area contributed by atoms with Crippen LogP contribution >= 0.6 is 0 Å². The van der Waals surface area contributed by atoms with Gasteiger partial charge in [0.2, 0.25) is 0 Å². The molecule has 0 fully saturated rings. The molecule has 2 heteroatoms. The van der Waals surface area contributed by atoms with Gasteiger partial charge in [-0.3, -0.25) is 0 Å². The lowest BCUT2D eigenvalue weighted by Gasteiger charge is -2.27. The molecule has 2 nitrogen and oxygen atoms in total. The van der Waals surface area contributed by atoms with Crippen molar-refractivity contribution in [2.45, 2.75) is 19.3 Å². The summed E-state index contributed by atoms with van der Waals surface area (Å²) in [4.78, 5) is 2.41. The quantitative estimate of drug-likeness (QED) is 0.153. The first-order valence-corrected chi connectivity index (χ1v) is 21.3. The van der Waals surface area contributed by atoms with Gasteiger partial charge in [0.25, 0.3) is 0 Å². The van der Waals surface area contributed by atoms with Crippen molar-refractivity contribution in [2.24, 2.45) is 0 Å². The molecule has 11 aromatic rings. The van der Waals surface area contributed by atoms with E-state index in [0.717, 1.165) is 17.1 Å². The zero-order chi connectivity index (χ0) is 40.7. The predicted molar refractivity (Wildman–Crippen MR) is 259 cm³/mol. The third kappa shape index (κ3) is 5.56. The van der Waals surface area contributed by atoms with Gasteiger partial charge in [-0.1, -0.05) is 166 Å². The average Bonchev–Trinajstić information content (AvgIpc) is 3.77. The van der Waals surface area contributed by atoms with Crippen molar-refractivity contribution in [3.8, 4) is 39.1 Å². The zero-order valence-electron chi connectivity index (χ0n) is 34.2. The highest BCUT2D eigenvalue weighted by atomic mass is 15.1. The summed E-state index contributed by atoms with van der Waals surface area (Å²) in [6.07, 6.45) is 0. The van der Waals surface area contributed by atoms with Crippen molar-refractivity contribution in [2.75, 3.05) is 4.90 Å². The molecule has 1 aliphatic rings. The van der Waals surface area contributed by atoms with E-state index in [4.69, 9.17) is 0 Å². The number of hydrogen-bond acceptors (Lipinski definition) is 1. The molecule has 0 aliphatic heterocycles. The summed E-state index contributed by atoms with van der Waals surface area (Å²) in [6, 6.07) is 80.4. The van der Waals surface area contributed by atoms with Gasteiger partial charge in [-0.05, 0) is 133 Å². The Morgan fingerprint density at radius 2 is 0.951 bits per heavy atom. The Kier molecular flexibility index (Phi) is 7.92. The van der Waals surface area contributed by atoms with Crippen LogP contribution in [0.3, 0.4) is 0 Å². The monoisotopic (exact) mass is 778 g/mol. The van der Waals surface area contributed by atoms with E-state index in [1.54, 1.807) is 0 Å². The van der Waals surface area contributed by atoms with Crippen LogP contribution in [-0.2, 0) is 5.41 Å². The van der Waals surface area contributed by atoms with E-state index in [1.807, 2.05) is 0 Å². The fraction of sp³-hybridized carbons (Fsp3) is 0.0508. The Hall–Kier alpha value is -7.68. The summed E-state index contributed by atoms with van der Waals surface area (Å²) in [5.41, 5.74) is 17.1. The smallest absolute Gasteiger partial charge is 0.0541 e. The number of benzene rings is 10. The maximum Gasteiger partial charge on any atom is 0.0541 e. The van der Waals surface area contributed by atoms with Crippen LogP contribution in [0.1, 0.15) is 25.0 Å². The van der Waals surface area contributed by atoms with Gasteiger partial charge in [0.15, 0.2) is 0 Å². The third-order valence-corrected chi connectivity index (χ3v) is 13.2. The second kappa shape index (κ2) is 13.7. The standard InChI is InChI=1S/C59H42N2/c1-59(2)55-21-10-8-17-51(55)53-38-46(33-35-56(53)59)60(45-31-25-41(26-32-45)48-19-12-20-49-47-16-7-6-13-40(47)27-34-50(48)49)44-29-23-39(24-30-44)42-28-36-58-54(37-42)52-18-9-11-22-57(52)61(58)43-14-4-3-5-15-43/h3-38H,1-2H3. The molecule has 0 saturated carbocycles. The first-order valence-electron chi connectivity index (χ1n) is 21.3. The first kappa shape index (κ1) is 35.3. The van der Waals surface area contributed by atoms with Gasteiger partial charge in [0.1, 0.15) is 0 Å². The number of para-hydroxylation sites is 2. The number of rotatable bonds is 6. The van der Waals surface area contributed by atoms with E-state index in [-0.39, 0.29) is 5.41 Å². The lowest BCUT2D eigenvalue weighted by Crippen LogP contribution is -2.15. The maximum absolute atomic E-state index is 2.41. The highest BCUT2D eigenvalue weighted by Gasteiger charge is 2.35. The Balaban J connectivity index is 0.966. The molecule has 0 bridgehead atoms. The van der Waals surface area contributed by atoms with Crippen LogP contribution in [0.2, 0.25) is 0 Å². The Labute approximate surface area is 356 Å². The van der Waals surface area contributed by atoms with Crippen LogP contribution in [0.5, 0.6) is 0 Å². The molecule has 1 aliphatic carbocycles. The van der Waals surface area contributed by atoms with Gasteiger partial charge < -0.3 is 9.47 Å². The van der Waals surface area contributed by atoms with Gasteiger partial charge in [0, 0.05) is 38.9 Å². The lowest BCUT2D eigenvalue weighted by atomic mass is 9.82. The van der Waals surface area contributed by atoms with E-state index in [0.29, 0.717) is 0 Å². The summed E-state index contributed by atoms with van der Waals surface area (Å²) in [7, 11) is 0. The predicted octanol–water partition coefficient (Wildman–Crippen LogP) is 16.2. The molecule has 0 radical (unpaired) electrons. The zero-order valence-corrected chi connectivity index (χ0v) is 34.2. The Morgan fingerprint density at radius 3 is 1.77 bits per heavy atom. The van der Waals surface area contributed by atoms with Crippen molar-refractivity contribution < 1.29 is 0 Å². The molecule has 0 amide bonds. The van der Waals surface area contributed by atoms with Crippen molar-refractivity contribution in [1.29, 1.82) is 0 Å². The molecule has 0 atom stereocenters. The van der Waals surface area contributed by atoms with E-state index < -0.39 is 0 Å². The van der Waals surface area contributed by atoms with Crippen molar-refractivity contribution in [3.05, 3.63) is 230 Å². The van der Waals surface area contributed by atoms with Gasteiger partial charge >= 0.3 is 0 Å². The maximum atomic E-state index is 2.41. The minimum absolute atomic E-state index is 0.0587. The highest BCUT2D eigenvalue weighted by molar-refractivity contribution is 6.12. The Morgan fingerprint density at radius 1 is 0.344 bits per heavy atom. The lowest BCUT2D eigenvalue weighted by molar-refractivity contribution is 0.660. The summed E-state index contributed by atoms with van der Waals surface area (Å²) >= 11 is 0. The molecule has 1 aromatic heterocycles. The van der Waals surface area contributed by atoms with Crippen LogP contribution < -0.4 is 4.90 Å². The first-order chi connectivity index (χ1) is 30.0. The summed E-state index contributed by atoms with van der Waals surface area (Å²) in [6.45, 7) is 4.69. The molecule has 0 unspecified atom stereocenters. The molecular weight excluding hydrogens is 737 g/mol. The normalized spacial score (nSPS) is 12.9. The minimum atomic E-state index is -0.0587. The largest absolute Gasteiger partial charge is 0.310 e. The molecule has 12 rings (SSSR count). The molecule has 0 spiro atoms. The second-order valence-corrected chi connectivity index (χ2v) is 16.9. The van der Waals surface area contributed by atoms with Crippen LogP contribution in [-0.4, -0.2) is 4.57 Å². The fourth-order valence-corrected chi connectivity index (χ4v) is 10.2. The summed E-state index contributed by atoms with van der Waals surface area (Å²) in [5, 5.41) is 7.61. The molecule has 1 heterocycles. The molecular formula is C59H42N2. The van der Waals surface area contributed by atoms with Crippen LogP contribution in [0.4, 0.5) is 17.1 Å². The minimum Gasteiger partial charge on any atom is -0.310 e. The molecule has 288 valence electrons. The number of nitrogens with zero attached hydrogens (tertiary/aromatic N) is 2. The van der Waals surface area contributed by atoms with E-state index >= 15 is 0 Å². The number of fused-ring (bicyclic) bond motifs is 9.